The number of para-hydroxylation sites is 1. The average molecular weight is 384 g/mol. The molecular formula is C21H22ClN3O2. The Hall–Kier alpha value is -2.79. The van der Waals surface area contributed by atoms with Crippen molar-refractivity contribution in [2.24, 2.45) is 0 Å². The van der Waals surface area contributed by atoms with Gasteiger partial charge in [0, 0.05) is 12.1 Å². The fourth-order valence-corrected chi connectivity index (χ4v) is 3.22. The van der Waals surface area contributed by atoms with Gasteiger partial charge in [0.1, 0.15) is 10.9 Å². The van der Waals surface area contributed by atoms with E-state index in [4.69, 9.17) is 16.3 Å². The summed E-state index contributed by atoms with van der Waals surface area (Å²) in [4.78, 5) is 12.7. The van der Waals surface area contributed by atoms with E-state index in [9.17, 15) is 4.79 Å². The van der Waals surface area contributed by atoms with E-state index < -0.39 is 0 Å². The second-order valence-electron chi connectivity index (χ2n) is 6.39. The number of halogens is 1. The van der Waals surface area contributed by atoms with Gasteiger partial charge in [0.15, 0.2) is 0 Å². The zero-order valence-corrected chi connectivity index (χ0v) is 16.4. The van der Waals surface area contributed by atoms with Gasteiger partial charge in [-0.15, -0.1) is 0 Å². The number of carbonyl (C=O) groups is 1. The van der Waals surface area contributed by atoms with Gasteiger partial charge >= 0.3 is 0 Å². The molecule has 0 unspecified atom stereocenters. The van der Waals surface area contributed by atoms with Crippen molar-refractivity contribution in [3.63, 3.8) is 0 Å². The molecule has 0 aliphatic heterocycles. The smallest absolute Gasteiger partial charge is 0.256 e. The minimum Gasteiger partial charge on any atom is -0.496 e. The SMILES string of the molecule is COc1ccccc1CNC(=O)c1c(C)nn(Cc2ccc(C)cc2)c1Cl. The van der Waals surface area contributed by atoms with Crippen molar-refractivity contribution in [3.05, 3.63) is 81.6 Å². The molecule has 0 aliphatic rings. The molecule has 0 saturated carbocycles. The van der Waals surface area contributed by atoms with Crippen molar-refractivity contribution >= 4 is 17.5 Å². The van der Waals surface area contributed by atoms with Gasteiger partial charge < -0.3 is 10.1 Å². The highest BCUT2D eigenvalue weighted by molar-refractivity contribution is 6.33. The van der Waals surface area contributed by atoms with Crippen LogP contribution >= 0.6 is 11.6 Å². The Kier molecular flexibility index (Phi) is 5.81. The zero-order valence-electron chi connectivity index (χ0n) is 15.6. The van der Waals surface area contributed by atoms with Gasteiger partial charge in [-0.3, -0.25) is 4.79 Å². The summed E-state index contributed by atoms with van der Waals surface area (Å²) in [6.45, 7) is 4.69. The van der Waals surface area contributed by atoms with Crippen LogP contribution in [0.1, 0.15) is 32.7 Å². The molecule has 0 fully saturated rings. The molecule has 140 valence electrons. The van der Waals surface area contributed by atoms with E-state index >= 15 is 0 Å². The molecule has 3 aromatic rings. The molecule has 0 aliphatic carbocycles. The molecule has 0 saturated heterocycles. The molecular weight excluding hydrogens is 362 g/mol. The lowest BCUT2D eigenvalue weighted by atomic mass is 10.1. The largest absolute Gasteiger partial charge is 0.496 e. The number of rotatable bonds is 6. The first-order valence-corrected chi connectivity index (χ1v) is 9.06. The van der Waals surface area contributed by atoms with Gasteiger partial charge in [0.2, 0.25) is 0 Å². The number of hydrogen-bond donors (Lipinski definition) is 1. The van der Waals surface area contributed by atoms with Gasteiger partial charge in [-0.25, -0.2) is 4.68 Å². The van der Waals surface area contributed by atoms with Crippen LogP contribution in [0.4, 0.5) is 0 Å². The molecule has 2 aromatic carbocycles. The molecule has 1 aromatic heterocycles. The number of aromatic nitrogens is 2. The van der Waals surface area contributed by atoms with Gasteiger partial charge in [-0.2, -0.15) is 5.10 Å². The summed E-state index contributed by atoms with van der Waals surface area (Å²) in [6.07, 6.45) is 0. The fourth-order valence-electron chi connectivity index (χ4n) is 2.90. The Balaban J connectivity index is 1.75. The summed E-state index contributed by atoms with van der Waals surface area (Å²) in [7, 11) is 1.61. The maximum atomic E-state index is 12.7. The first-order valence-electron chi connectivity index (χ1n) is 8.68. The van der Waals surface area contributed by atoms with Crippen LogP contribution in [-0.2, 0) is 13.1 Å². The molecule has 3 rings (SSSR count). The van der Waals surface area contributed by atoms with Crippen molar-refractivity contribution in [2.75, 3.05) is 7.11 Å². The summed E-state index contributed by atoms with van der Waals surface area (Å²) in [5.41, 5.74) is 4.17. The van der Waals surface area contributed by atoms with Crippen LogP contribution in [0.5, 0.6) is 5.75 Å². The van der Waals surface area contributed by atoms with Crippen LogP contribution in [0.25, 0.3) is 0 Å². The second kappa shape index (κ2) is 8.27. The highest BCUT2D eigenvalue weighted by Crippen LogP contribution is 2.22. The van der Waals surface area contributed by atoms with Crippen molar-refractivity contribution in [1.82, 2.24) is 15.1 Å². The molecule has 6 heteroatoms. The van der Waals surface area contributed by atoms with Crippen LogP contribution in [0.15, 0.2) is 48.5 Å². The van der Waals surface area contributed by atoms with Crippen LogP contribution in [0.2, 0.25) is 5.15 Å². The van der Waals surface area contributed by atoms with Gasteiger partial charge in [0.05, 0.1) is 24.9 Å². The first-order chi connectivity index (χ1) is 13.0. The van der Waals surface area contributed by atoms with Crippen LogP contribution in [0, 0.1) is 13.8 Å². The number of aryl methyl sites for hydroxylation is 2. The molecule has 1 N–H and O–H groups in total. The Labute approximate surface area is 163 Å². The number of hydrogen-bond acceptors (Lipinski definition) is 3. The highest BCUT2D eigenvalue weighted by atomic mass is 35.5. The zero-order chi connectivity index (χ0) is 19.4. The summed E-state index contributed by atoms with van der Waals surface area (Å²) in [5, 5.41) is 7.67. The van der Waals surface area contributed by atoms with E-state index in [0.717, 1.165) is 16.9 Å². The monoisotopic (exact) mass is 383 g/mol. The highest BCUT2D eigenvalue weighted by Gasteiger charge is 2.20. The van der Waals surface area contributed by atoms with Crippen molar-refractivity contribution in [2.45, 2.75) is 26.9 Å². The third kappa shape index (κ3) is 4.31. The third-order valence-corrected chi connectivity index (χ3v) is 4.76. The van der Waals surface area contributed by atoms with E-state index in [0.29, 0.717) is 29.5 Å². The number of methoxy groups -OCH3 is 1. The summed E-state index contributed by atoms with van der Waals surface area (Å²) >= 11 is 6.46. The Morgan fingerprint density at radius 2 is 1.85 bits per heavy atom. The van der Waals surface area contributed by atoms with Crippen LogP contribution in [-0.4, -0.2) is 22.8 Å². The fraction of sp³-hybridized carbons (Fsp3) is 0.238. The lowest BCUT2D eigenvalue weighted by Crippen LogP contribution is -2.23. The number of nitrogens with one attached hydrogen (secondary N) is 1. The Morgan fingerprint density at radius 1 is 1.15 bits per heavy atom. The minimum absolute atomic E-state index is 0.251. The molecule has 5 nitrogen and oxygen atoms in total. The van der Waals surface area contributed by atoms with Crippen molar-refractivity contribution < 1.29 is 9.53 Å². The predicted octanol–water partition coefficient (Wildman–Crippen LogP) is 4.14. The number of amides is 1. The lowest BCUT2D eigenvalue weighted by Gasteiger charge is -2.09. The third-order valence-electron chi connectivity index (χ3n) is 4.38. The van der Waals surface area contributed by atoms with Gasteiger partial charge in [0.25, 0.3) is 5.91 Å². The minimum atomic E-state index is -0.251. The molecule has 0 radical (unpaired) electrons. The molecule has 27 heavy (non-hydrogen) atoms. The predicted molar refractivity (Wildman–Crippen MR) is 106 cm³/mol. The van der Waals surface area contributed by atoms with E-state index in [1.54, 1.807) is 18.7 Å². The first kappa shape index (κ1) is 19.0. The molecule has 1 amide bonds. The molecule has 0 spiro atoms. The average Bonchev–Trinajstić information content (AvgIpc) is 2.95. The summed E-state index contributed by atoms with van der Waals surface area (Å²) in [5.74, 6) is 0.481. The lowest BCUT2D eigenvalue weighted by molar-refractivity contribution is 0.0950. The molecule has 0 atom stereocenters. The molecule has 1 heterocycles. The van der Waals surface area contributed by atoms with Gasteiger partial charge in [-0.1, -0.05) is 59.6 Å². The van der Waals surface area contributed by atoms with E-state index in [1.165, 1.54) is 5.56 Å². The summed E-state index contributed by atoms with van der Waals surface area (Å²) in [6, 6.07) is 15.7. The number of benzene rings is 2. The van der Waals surface area contributed by atoms with E-state index in [1.807, 2.05) is 55.5 Å². The Morgan fingerprint density at radius 3 is 2.56 bits per heavy atom. The number of ether oxygens (including phenoxy) is 1. The topological polar surface area (TPSA) is 56.1 Å². The van der Waals surface area contributed by atoms with Crippen LogP contribution in [0.3, 0.4) is 0 Å². The second-order valence-corrected chi connectivity index (χ2v) is 6.75. The maximum Gasteiger partial charge on any atom is 0.256 e. The van der Waals surface area contributed by atoms with Gasteiger partial charge in [-0.05, 0) is 25.5 Å². The quantitative estimate of drug-likeness (QED) is 0.696. The van der Waals surface area contributed by atoms with Crippen molar-refractivity contribution in [3.8, 4) is 5.75 Å². The molecule has 0 bridgehead atoms. The van der Waals surface area contributed by atoms with E-state index in [-0.39, 0.29) is 5.91 Å². The summed E-state index contributed by atoms with van der Waals surface area (Å²) < 4.78 is 6.97. The standard InChI is InChI=1S/C21H22ClN3O2/c1-14-8-10-16(11-9-14)13-25-20(22)19(15(2)24-25)21(26)23-12-17-6-4-5-7-18(17)27-3/h4-11H,12-13H2,1-3H3,(H,23,26). The number of nitrogens with zero attached hydrogens (tertiary/aromatic N) is 2. The van der Waals surface area contributed by atoms with Crippen molar-refractivity contribution in [1.29, 1.82) is 0 Å². The normalized spacial score (nSPS) is 10.7. The number of carbonyl (C=O) groups excluding carboxylic acids is 1. The van der Waals surface area contributed by atoms with Crippen LogP contribution < -0.4 is 10.1 Å². The maximum absolute atomic E-state index is 12.7. The Bertz CT molecular complexity index is 949. The van der Waals surface area contributed by atoms with E-state index in [2.05, 4.69) is 10.4 Å².